The quantitative estimate of drug-likeness (QED) is 0.356. The predicted octanol–water partition coefficient (Wildman–Crippen LogP) is 2.49. The summed E-state index contributed by atoms with van der Waals surface area (Å²) in [4.78, 5) is 11.7. The molecule has 0 radical (unpaired) electrons. The Bertz CT molecular complexity index is 357. The minimum Gasteiger partial charge on any atom is -1.00 e. The first kappa shape index (κ1) is 20.7. The molecule has 0 atom stereocenters. The topological polar surface area (TPSA) is 26.3 Å². The maximum Gasteiger partial charge on any atom is 1.00 e. The maximum atomic E-state index is 11.7. The van der Waals surface area contributed by atoms with Crippen LogP contribution >= 0.6 is 0 Å². The fraction of sp³-hybridized carbons (Fsp3) is 0.611. The van der Waals surface area contributed by atoms with Crippen molar-refractivity contribution < 1.29 is 40.5 Å². The molecule has 0 fully saturated rings. The van der Waals surface area contributed by atoms with Gasteiger partial charge in [0, 0.05) is 0 Å². The molecule has 114 valence electrons. The van der Waals surface area contributed by atoms with E-state index in [1.807, 2.05) is 18.2 Å². The number of carbonyl (C=O) groups excluding carboxylic acids is 1. The summed E-state index contributed by atoms with van der Waals surface area (Å²) in [5.41, 5.74) is 0.642. The standard InChI is InChI=1S/C18H28O2.Na.H/c1-2-3-4-5-6-7-8-9-13-16-20-18(19)17-14-11-10-12-15-17;;/h10-12,14-15H,2-9,13,16H2,1H3;;/q;+1;-1. The number of ether oxygens (including phenoxy) is 1. The molecule has 0 spiro atoms. The zero-order valence-electron chi connectivity index (χ0n) is 14.8. The van der Waals surface area contributed by atoms with Gasteiger partial charge in [-0.1, -0.05) is 76.5 Å². The van der Waals surface area contributed by atoms with Gasteiger partial charge in [0.2, 0.25) is 0 Å². The average Bonchev–Trinajstić information content (AvgIpc) is 2.50. The van der Waals surface area contributed by atoms with E-state index in [4.69, 9.17) is 4.74 Å². The fourth-order valence-electron chi connectivity index (χ4n) is 2.24. The first-order valence-corrected chi connectivity index (χ1v) is 8.06. The summed E-state index contributed by atoms with van der Waals surface area (Å²) in [5.74, 6) is -0.204. The van der Waals surface area contributed by atoms with Crippen LogP contribution in [0.2, 0.25) is 0 Å². The van der Waals surface area contributed by atoms with E-state index in [0.717, 1.165) is 12.8 Å². The molecule has 1 aromatic carbocycles. The second kappa shape index (κ2) is 14.6. The van der Waals surface area contributed by atoms with E-state index in [-0.39, 0.29) is 37.0 Å². The van der Waals surface area contributed by atoms with Crippen molar-refractivity contribution in [1.82, 2.24) is 0 Å². The van der Waals surface area contributed by atoms with Crippen LogP contribution in [-0.4, -0.2) is 12.6 Å². The summed E-state index contributed by atoms with van der Waals surface area (Å²) in [6.45, 7) is 2.79. The van der Waals surface area contributed by atoms with Gasteiger partial charge in [0.15, 0.2) is 0 Å². The Morgan fingerprint density at radius 1 is 0.905 bits per heavy atom. The number of carbonyl (C=O) groups is 1. The second-order valence-corrected chi connectivity index (χ2v) is 5.33. The monoisotopic (exact) mass is 300 g/mol. The van der Waals surface area contributed by atoms with Gasteiger partial charge in [-0.15, -0.1) is 0 Å². The van der Waals surface area contributed by atoms with Gasteiger partial charge in [-0.3, -0.25) is 0 Å². The van der Waals surface area contributed by atoms with Crippen molar-refractivity contribution in [2.75, 3.05) is 6.61 Å². The molecule has 0 bridgehead atoms. The van der Waals surface area contributed by atoms with Crippen LogP contribution in [0.4, 0.5) is 0 Å². The normalized spacial score (nSPS) is 9.95. The minimum atomic E-state index is -0.204. The van der Waals surface area contributed by atoms with Crippen molar-refractivity contribution in [1.29, 1.82) is 0 Å². The van der Waals surface area contributed by atoms with Crippen molar-refractivity contribution in [3.63, 3.8) is 0 Å². The number of unbranched alkanes of at least 4 members (excludes halogenated alkanes) is 8. The van der Waals surface area contributed by atoms with Crippen LogP contribution < -0.4 is 29.6 Å². The predicted molar refractivity (Wildman–Crippen MR) is 85.1 cm³/mol. The smallest absolute Gasteiger partial charge is 1.00 e. The third-order valence-electron chi connectivity index (χ3n) is 3.49. The second-order valence-electron chi connectivity index (χ2n) is 5.33. The zero-order chi connectivity index (χ0) is 14.5. The number of rotatable bonds is 11. The molecule has 0 aliphatic heterocycles. The van der Waals surface area contributed by atoms with E-state index in [1.54, 1.807) is 12.1 Å². The molecule has 2 nitrogen and oxygen atoms in total. The van der Waals surface area contributed by atoms with Crippen LogP contribution in [0.1, 0.15) is 76.5 Å². The van der Waals surface area contributed by atoms with Gasteiger partial charge in [0.1, 0.15) is 0 Å². The number of hydrogen-bond acceptors (Lipinski definition) is 2. The first-order chi connectivity index (χ1) is 9.84. The summed E-state index contributed by atoms with van der Waals surface area (Å²) >= 11 is 0. The molecule has 0 saturated carbocycles. The molecule has 0 unspecified atom stereocenters. The van der Waals surface area contributed by atoms with Crippen molar-refractivity contribution in [3.8, 4) is 0 Å². The third-order valence-corrected chi connectivity index (χ3v) is 3.49. The third kappa shape index (κ3) is 11.0. The molecular formula is C18H29NaO2. The Kier molecular flexibility index (Phi) is 14.4. The summed E-state index contributed by atoms with van der Waals surface area (Å²) in [6.07, 6.45) is 11.5. The van der Waals surface area contributed by atoms with Crippen molar-refractivity contribution in [2.24, 2.45) is 0 Å². The molecule has 0 amide bonds. The van der Waals surface area contributed by atoms with E-state index >= 15 is 0 Å². The number of esters is 1. The molecule has 1 rings (SSSR count). The molecule has 0 heterocycles. The summed E-state index contributed by atoms with van der Waals surface area (Å²) in [5, 5.41) is 0. The van der Waals surface area contributed by atoms with Crippen LogP contribution in [0.3, 0.4) is 0 Å². The van der Waals surface area contributed by atoms with Gasteiger partial charge >= 0.3 is 35.5 Å². The van der Waals surface area contributed by atoms with E-state index < -0.39 is 0 Å². The van der Waals surface area contributed by atoms with Gasteiger partial charge < -0.3 is 6.16 Å². The number of benzene rings is 1. The van der Waals surface area contributed by atoms with Gasteiger partial charge in [-0.05, 0) is 18.6 Å². The van der Waals surface area contributed by atoms with Gasteiger partial charge in [0.25, 0.3) is 0 Å². The Labute approximate surface area is 153 Å². The van der Waals surface area contributed by atoms with E-state index in [2.05, 4.69) is 6.92 Å². The van der Waals surface area contributed by atoms with E-state index in [9.17, 15) is 4.79 Å². The molecule has 0 N–H and O–H groups in total. The van der Waals surface area contributed by atoms with Crippen molar-refractivity contribution in [3.05, 3.63) is 35.9 Å². The average molecular weight is 300 g/mol. The van der Waals surface area contributed by atoms with E-state index in [0.29, 0.717) is 12.2 Å². The SMILES string of the molecule is CCCCCCCCCCCOC(=O)c1ccccc1.[H-].[Na+]. The molecule has 0 aromatic heterocycles. The molecule has 1 aromatic rings. The Balaban J connectivity index is 0. The molecule has 0 saturated heterocycles. The minimum absolute atomic E-state index is 0. The Morgan fingerprint density at radius 2 is 1.43 bits per heavy atom. The van der Waals surface area contributed by atoms with Gasteiger partial charge in [-0.2, -0.15) is 0 Å². The molecule has 21 heavy (non-hydrogen) atoms. The molecular weight excluding hydrogens is 271 g/mol. The molecule has 0 aliphatic carbocycles. The van der Waals surface area contributed by atoms with Gasteiger partial charge in [0.05, 0.1) is 12.2 Å². The molecule has 3 heteroatoms. The largest absolute Gasteiger partial charge is 1.00 e. The van der Waals surface area contributed by atoms with Gasteiger partial charge in [-0.25, -0.2) is 4.79 Å². The van der Waals surface area contributed by atoms with Crippen LogP contribution in [0, 0.1) is 0 Å². The van der Waals surface area contributed by atoms with Crippen LogP contribution in [0.15, 0.2) is 30.3 Å². The van der Waals surface area contributed by atoms with Crippen LogP contribution in [0.5, 0.6) is 0 Å². The maximum absolute atomic E-state index is 11.7. The number of hydrogen-bond donors (Lipinski definition) is 0. The van der Waals surface area contributed by atoms with Crippen molar-refractivity contribution >= 4 is 5.97 Å². The van der Waals surface area contributed by atoms with Crippen LogP contribution in [-0.2, 0) is 4.74 Å². The Morgan fingerprint density at radius 3 is 2.00 bits per heavy atom. The summed E-state index contributed by atoms with van der Waals surface area (Å²) < 4.78 is 5.25. The first-order valence-electron chi connectivity index (χ1n) is 8.06. The van der Waals surface area contributed by atoms with Crippen LogP contribution in [0.25, 0.3) is 0 Å². The summed E-state index contributed by atoms with van der Waals surface area (Å²) in [6, 6.07) is 9.19. The summed E-state index contributed by atoms with van der Waals surface area (Å²) in [7, 11) is 0. The Hall–Kier alpha value is -0.310. The van der Waals surface area contributed by atoms with E-state index in [1.165, 1.54) is 44.9 Å². The fourth-order valence-corrected chi connectivity index (χ4v) is 2.24. The zero-order valence-corrected chi connectivity index (χ0v) is 15.8. The van der Waals surface area contributed by atoms with Crippen molar-refractivity contribution in [2.45, 2.75) is 64.7 Å². The molecule has 0 aliphatic rings.